The third-order valence-corrected chi connectivity index (χ3v) is 2.78. The molecule has 1 aromatic heterocycles. The van der Waals surface area contributed by atoms with Crippen LogP contribution in [0.3, 0.4) is 0 Å². The zero-order valence-corrected chi connectivity index (χ0v) is 10.0. The number of nitrogens with zero attached hydrogens (tertiary/aromatic N) is 1. The van der Waals surface area contributed by atoms with E-state index in [1.54, 1.807) is 6.07 Å². The summed E-state index contributed by atoms with van der Waals surface area (Å²) in [5, 5.41) is 12.7. The highest BCUT2D eigenvalue weighted by molar-refractivity contribution is 5.57. The van der Waals surface area contributed by atoms with Crippen LogP contribution in [0, 0.1) is 0 Å². The van der Waals surface area contributed by atoms with Crippen molar-refractivity contribution in [2.45, 2.75) is 32.8 Å². The van der Waals surface area contributed by atoms with Crippen molar-refractivity contribution in [2.75, 3.05) is 0 Å². The fourth-order valence-corrected chi connectivity index (χ4v) is 1.74. The second kappa shape index (κ2) is 5.64. The van der Waals surface area contributed by atoms with E-state index in [2.05, 4.69) is 24.2 Å². The van der Waals surface area contributed by atoms with Crippen molar-refractivity contribution in [2.24, 2.45) is 0 Å². The lowest BCUT2D eigenvalue weighted by atomic mass is 10.1. The summed E-state index contributed by atoms with van der Waals surface area (Å²) in [5.41, 5.74) is 2.91. The van der Waals surface area contributed by atoms with Gasteiger partial charge in [-0.2, -0.15) is 0 Å². The molecule has 0 amide bonds. The molecule has 0 aliphatic heterocycles. The van der Waals surface area contributed by atoms with Gasteiger partial charge in [0.05, 0.1) is 6.61 Å². The molecule has 1 heterocycles. The zero-order valence-electron chi connectivity index (χ0n) is 10.0. The Kier molecular flexibility index (Phi) is 3.94. The molecule has 0 unspecified atom stereocenters. The van der Waals surface area contributed by atoms with Gasteiger partial charge in [-0.05, 0) is 18.4 Å². The first-order valence-corrected chi connectivity index (χ1v) is 5.99. The van der Waals surface area contributed by atoms with Crippen molar-refractivity contribution in [3.05, 3.63) is 41.6 Å². The Morgan fingerprint density at radius 2 is 2.00 bits per heavy atom. The minimum Gasteiger partial charge on any atom is -0.390 e. The molecular weight excluding hydrogens is 214 g/mol. The SMILES string of the molecule is CCCCc1ccc(-c2cc(CO)no2)cc1. The largest absolute Gasteiger partial charge is 0.390 e. The molecule has 1 N–H and O–H groups in total. The lowest BCUT2D eigenvalue weighted by molar-refractivity contribution is 0.267. The van der Waals surface area contributed by atoms with Crippen LogP contribution in [0.4, 0.5) is 0 Å². The van der Waals surface area contributed by atoms with E-state index < -0.39 is 0 Å². The third-order valence-electron chi connectivity index (χ3n) is 2.78. The molecule has 3 heteroatoms. The standard InChI is InChI=1S/C14H17NO2/c1-2-3-4-11-5-7-12(8-6-11)14-9-13(10-16)15-17-14/h5-9,16H,2-4,10H2,1H3. The van der Waals surface area contributed by atoms with Crippen molar-refractivity contribution in [1.82, 2.24) is 5.16 Å². The van der Waals surface area contributed by atoms with E-state index in [9.17, 15) is 0 Å². The summed E-state index contributed by atoms with van der Waals surface area (Å²) in [6.07, 6.45) is 3.55. The summed E-state index contributed by atoms with van der Waals surface area (Å²) in [5.74, 6) is 0.705. The van der Waals surface area contributed by atoms with E-state index in [0.29, 0.717) is 11.5 Å². The molecule has 0 fully saturated rings. The highest BCUT2D eigenvalue weighted by Crippen LogP contribution is 2.21. The minimum atomic E-state index is -0.0852. The second-order valence-corrected chi connectivity index (χ2v) is 4.14. The Morgan fingerprint density at radius 1 is 1.24 bits per heavy atom. The average Bonchev–Trinajstić information content (AvgIpc) is 2.86. The fraction of sp³-hybridized carbons (Fsp3) is 0.357. The molecule has 3 nitrogen and oxygen atoms in total. The van der Waals surface area contributed by atoms with Crippen molar-refractivity contribution in [1.29, 1.82) is 0 Å². The van der Waals surface area contributed by atoms with Crippen LogP contribution in [0.25, 0.3) is 11.3 Å². The molecule has 0 atom stereocenters. The summed E-state index contributed by atoms with van der Waals surface area (Å²) in [4.78, 5) is 0. The van der Waals surface area contributed by atoms with Crippen molar-refractivity contribution in [3.63, 3.8) is 0 Å². The van der Waals surface area contributed by atoms with Gasteiger partial charge in [0.15, 0.2) is 5.76 Å². The Hall–Kier alpha value is -1.61. The summed E-state index contributed by atoms with van der Waals surface area (Å²) in [7, 11) is 0. The zero-order chi connectivity index (χ0) is 12.1. The molecule has 1 aromatic carbocycles. The predicted molar refractivity (Wildman–Crippen MR) is 66.5 cm³/mol. The van der Waals surface area contributed by atoms with Crippen LogP contribution in [0.2, 0.25) is 0 Å². The van der Waals surface area contributed by atoms with Gasteiger partial charge in [-0.1, -0.05) is 42.8 Å². The minimum absolute atomic E-state index is 0.0852. The molecular formula is C14H17NO2. The lowest BCUT2D eigenvalue weighted by Crippen LogP contribution is -1.84. The topological polar surface area (TPSA) is 46.3 Å². The lowest BCUT2D eigenvalue weighted by Gasteiger charge is -2.00. The van der Waals surface area contributed by atoms with Crippen LogP contribution in [-0.2, 0) is 13.0 Å². The molecule has 0 saturated heterocycles. The Morgan fingerprint density at radius 3 is 2.59 bits per heavy atom. The van der Waals surface area contributed by atoms with Crippen molar-refractivity contribution >= 4 is 0 Å². The van der Waals surface area contributed by atoms with Crippen LogP contribution in [0.5, 0.6) is 0 Å². The molecule has 0 aliphatic rings. The Bertz CT molecular complexity index is 459. The van der Waals surface area contributed by atoms with Crippen LogP contribution in [0.15, 0.2) is 34.9 Å². The number of aryl methyl sites for hydroxylation is 1. The molecule has 90 valence electrons. The molecule has 17 heavy (non-hydrogen) atoms. The number of rotatable bonds is 5. The number of hydrogen-bond donors (Lipinski definition) is 1. The van der Waals surface area contributed by atoms with E-state index in [4.69, 9.17) is 9.63 Å². The Labute approximate surface area is 101 Å². The van der Waals surface area contributed by atoms with Gasteiger partial charge in [0.25, 0.3) is 0 Å². The monoisotopic (exact) mass is 231 g/mol. The summed E-state index contributed by atoms with van der Waals surface area (Å²) in [6, 6.07) is 10.1. The average molecular weight is 231 g/mol. The van der Waals surface area contributed by atoms with Gasteiger partial charge in [-0.3, -0.25) is 0 Å². The van der Waals surface area contributed by atoms with E-state index in [1.807, 2.05) is 12.1 Å². The number of hydrogen-bond acceptors (Lipinski definition) is 3. The van der Waals surface area contributed by atoms with Crippen molar-refractivity contribution < 1.29 is 9.63 Å². The molecule has 2 aromatic rings. The highest BCUT2D eigenvalue weighted by atomic mass is 16.5. The van der Waals surface area contributed by atoms with Gasteiger partial charge in [0.2, 0.25) is 0 Å². The van der Waals surface area contributed by atoms with Crippen molar-refractivity contribution in [3.8, 4) is 11.3 Å². The molecule has 2 rings (SSSR count). The molecule has 0 radical (unpaired) electrons. The molecule has 0 saturated carbocycles. The number of aromatic nitrogens is 1. The van der Waals surface area contributed by atoms with Gasteiger partial charge in [0, 0.05) is 11.6 Å². The van der Waals surface area contributed by atoms with Crippen LogP contribution in [-0.4, -0.2) is 10.3 Å². The van der Waals surface area contributed by atoms with Crippen LogP contribution >= 0.6 is 0 Å². The third kappa shape index (κ3) is 2.94. The fourth-order valence-electron chi connectivity index (χ4n) is 1.74. The van der Waals surface area contributed by atoms with E-state index >= 15 is 0 Å². The number of aliphatic hydroxyl groups excluding tert-OH is 1. The molecule has 0 aliphatic carbocycles. The van der Waals surface area contributed by atoms with Gasteiger partial charge >= 0.3 is 0 Å². The number of unbranched alkanes of at least 4 members (excludes halogenated alkanes) is 1. The smallest absolute Gasteiger partial charge is 0.167 e. The van der Waals surface area contributed by atoms with E-state index in [0.717, 1.165) is 12.0 Å². The van der Waals surface area contributed by atoms with Gasteiger partial charge in [0.1, 0.15) is 5.69 Å². The predicted octanol–water partition coefficient (Wildman–Crippen LogP) is 3.18. The first kappa shape index (κ1) is 11.9. The molecule has 0 spiro atoms. The first-order chi connectivity index (χ1) is 8.33. The van der Waals surface area contributed by atoms with Gasteiger partial charge < -0.3 is 9.63 Å². The summed E-state index contributed by atoms with van der Waals surface area (Å²) < 4.78 is 5.15. The van der Waals surface area contributed by atoms with Crippen LogP contribution < -0.4 is 0 Å². The molecule has 0 bridgehead atoms. The van der Waals surface area contributed by atoms with E-state index in [-0.39, 0.29) is 6.61 Å². The van der Waals surface area contributed by atoms with Crippen LogP contribution in [0.1, 0.15) is 31.0 Å². The maximum absolute atomic E-state index is 8.92. The second-order valence-electron chi connectivity index (χ2n) is 4.14. The summed E-state index contributed by atoms with van der Waals surface area (Å²) in [6.45, 7) is 2.11. The maximum atomic E-state index is 8.92. The number of benzene rings is 1. The normalized spacial score (nSPS) is 10.7. The van der Waals surface area contributed by atoms with E-state index in [1.165, 1.54) is 18.4 Å². The summed E-state index contributed by atoms with van der Waals surface area (Å²) >= 11 is 0. The maximum Gasteiger partial charge on any atom is 0.167 e. The number of aliphatic hydroxyl groups is 1. The Balaban J connectivity index is 2.11. The van der Waals surface area contributed by atoms with Gasteiger partial charge in [-0.15, -0.1) is 0 Å². The van der Waals surface area contributed by atoms with Gasteiger partial charge in [-0.25, -0.2) is 0 Å². The highest BCUT2D eigenvalue weighted by Gasteiger charge is 2.05. The first-order valence-electron chi connectivity index (χ1n) is 5.99. The quantitative estimate of drug-likeness (QED) is 0.859.